The summed E-state index contributed by atoms with van der Waals surface area (Å²) >= 11 is 5.49. The maximum atomic E-state index is 10.4. The lowest BCUT2D eigenvalue weighted by molar-refractivity contribution is 0.0691. The fraction of sp³-hybridized carbons (Fsp3) is 0. The molecule has 0 fully saturated rings. The van der Waals surface area contributed by atoms with Gasteiger partial charge in [0, 0.05) is 0 Å². The first-order valence-electron chi connectivity index (χ1n) is 2.76. The van der Waals surface area contributed by atoms with Crippen LogP contribution < -0.4 is 5.73 Å². The fourth-order valence-corrected chi connectivity index (χ4v) is 0.793. The zero-order chi connectivity index (χ0) is 8.43. The minimum Gasteiger partial charge on any atom is -0.476 e. The van der Waals surface area contributed by atoms with Crippen molar-refractivity contribution < 1.29 is 9.90 Å². The Labute approximate surface area is 67.6 Å². The summed E-state index contributed by atoms with van der Waals surface area (Å²) in [6.45, 7) is 0. The van der Waals surface area contributed by atoms with Crippen molar-refractivity contribution in [3.63, 3.8) is 0 Å². The van der Waals surface area contributed by atoms with Crippen LogP contribution in [0.4, 0.5) is 5.82 Å². The maximum Gasteiger partial charge on any atom is 0.356 e. The van der Waals surface area contributed by atoms with Crippen LogP contribution in [-0.4, -0.2) is 16.1 Å². The van der Waals surface area contributed by atoms with Crippen LogP contribution in [0.1, 0.15) is 10.5 Å². The highest BCUT2D eigenvalue weighted by atomic mass is 35.5. The van der Waals surface area contributed by atoms with E-state index in [1.165, 1.54) is 12.1 Å². The summed E-state index contributed by atoms with van der Waals surface area (Å²) in [5.41, 5.74) is 5.02. The molecule has 0 atom stereocenters. The summed E-state index contributed by atoms with van der Waals surface area (Å²) in [5, 5.41) is 8.58. The van der Waals surface area contributed by atoms with Gasteiger partial charge in [-0.25, -0.2) is 9.78 Å². The molecule has 4 nitrogen and oxygen atoms in total. The second kappa shape index (κ2) is 2.75. The molecule has 0 aliphatic rings. The number of carboxylic acids is 1. The van der Waals surface area contributed by atoms with Crippen LogP contribution in [0, 0.1) is 0 Å². The van der Waals surface area contributed by atoms with Crippen LogP contribution in [0.3, 0.4) is 0 Å². The van der Waals surface area contributed by atoms with Crippen molar-refractivity contribution in [1.82, 2.24) is 4.98 Å². The SMILES string of the molecule is Nc1ccc(Cl)c(C(=O)O)n1. The van der Waals surface area contributed by atoms with E-state index in [2.05, 4.69) is 4.98 Å². The number of aromatic nitrogens is 1. The van der Waals surface area contributed by atoms with Gasteiger partial charge in [-0.15, -0.1) is 0 Å². The van der Waals surface area contributed by atoms with Crippen LogP contribution in [0.5, 0.6) is 0 Å². The second-order valence-corrected chi connectivity index (χ2v) is 2.28. The molecule has 1 rings (SSSR count). The van der Waals surface area contributed by atoms with Crippen LogP contribution in [0.2, 0.25) is 5.02 Å². The van der Waals surface area contributed by atoms with E-state index in [9.17, 15) is 4.79 Å². The van der Waals surface area contributed by atoms with Crippen LogP contribution >= 0.6 is 11.6 Å². The molecule has 58 valence electrons. The minimum atomic E-state index is -1.18. The first-order valence-corrected chi connectivity index (χ1v) is 3.14. The summed E-state index contributed by atoms with van der Waals surface area (Å²) in [6, 6.07) is 2.84. The standard InChI is InChI=1S/C6H5ClN2O2/c7-3-1-2-4(8)9-5(3)6(10)11/h1-2H,(H2,8,9)(H,10,11). The fourth-order valence-electron chi connectivity index (χ4n) is 0.607. The summed E-state index contributed by atoms with van der Waals surface area (Å²) in [5.74, 6) is -1.03. The van der Waals surface area contributed by atoms with E-state index >= 15 is 0 Å². The van der Waals surface area contributed by atoms with Gasteiger partial charge in [-0.3, -0.25) is 0 Å². The zero-order valence-corrected chi connectivity index (χ0v) is 6.17. The Hall–Kier alpha value is -1.29. The van der Waals surface area contributed by atoms with Crippen molar-refractivity contribution >= 4 is 23.4 Å². The van der Waals surface area contributed by atoms with Crippen molar-refractivity contribution in [3.8, 4) is 0 Å². The van der Waals surface area contributed by atoms with E-state index in [-0.39, 0.29) is 16.5 Å². The molecule has 0 radical (unpaired) electrons. The number of pyridine rings is 1. The normalized spacial score (nSPS) is 9.55. The smallest absolute Gasteiger partial charge is 0.356 e. The Balaban J connectivity index is 3.23. The highest BCUT2D eigenvalue weighted by Gasteiger charge is 2.09. The number of anilines is 1. The molecule has 0 unspecified atom stereocenters. The van der Waals surface area contributed by atoms with E-state index in [1.807, 2.05) is 0 Å². The molecule has 0 saturated carbocycles. The largest absolute Gasteiger partial charge is 0.476 e. The third kappa shape index (κ3) is 1.59. The zero-order valence-electron chi connectivity index (χ0n) is 5.41. The lowest BCUT2D eigenvalue weighted by atomic mass is 10.3. The predicted octanol–water partition coefficient (Wildman–Crippen LogP) is 1.02. The highest BCUT2D eigenvalue weighted by molar-refractivity contribution is 6.33. The van der Waals surface area contributed by atoms with Crippen molar-refractivity contribution in [3.05, 3.63) is 22.8 Å². The van der Waals surface area contributed by atoms with Gasteiger partial charge in [-0.05, 0) is 12.1 Å². The molecule has 0 amide bonds. The van der Waals surface area contributed by atoms with Gasteiger partial charge in [0.1, 0.15) is 5.82 Å². The Bertz CT molecular complexity index is 301. The topological polar surface area (TPSA) is 76.2 Å². The van der Waals surface area contributed by atoms with E-state index in [0.29, 0.717) is 0 Å². The predicted molar refractivity (Wildman–Crippen MR) is 40.6 cm³/mol. The molecule has 0 aliphatic carbocycles. The molecular weight excluding hydrogens is 168 g/mol. The monoisotopic (exact) mass is 172 g/mol. The summed E-state index contributed by atoms with van der Waals surface area (Å²) in [4.78, 5) is 13.9. The van der Waals surface area contributed by atoms with Gasteiger partial charge >= 0.3 is 5.97 Å². The molecule has 0 aromatic carbocycles. The van der Waals surface area contributed by atoms with Crippen molar-refractivity contribution in [2.75, 3.05) is 5.73 Å². The number of nitrogens with zero attached hydrogens (tertiary/aromatic N) is 1. The molecule has 11 heavy (non-hydrogen) atoms. The molecular formula is C6H5ClN2O2. The molecule has 0 bridgehead atoms. The lowest BCUT2D eigenvalue weighted by Gasteiger charge is -1.97. The van der Waals surface area contributed by atoms with Crippen LogP contribution in [0.15, 0.2) is 12.1 Å². The number of halogens is 1. The van der Waals surface area contributed by atoms with Gasteiger partial charge in [0.25, 0.3) is 0 Å². The van der Waals surface area contributed by atoms with Gasteiger partial charge in [-0.2, -0.15) is 0 Å². The highest BCUT2D eigenvalue weighted by Crippen LogP contribution is 2.14. The molecule has 3 N–H and O–H groups in total. The molecule has 1 aromatic heterocycles. The van der Waals surface area contributed by atoms with Crippen LogP contribution in [-0.2, 0) is 0 Å². The maximum absolute atomic E-state index is 10.4. The second-order valence-electron chi connectivity index (χ2n) is 1.87. The molecule has 0 saturated heterocycles. The Kier molecular flexibility index (Phi) is 1.96. The first kappa shape index (κ1) is 7.81. The Morgan fingerprint density at radius 1 is 1.64 bits per heavy atom. The first-order chi connectivity index (χ1) is 5.11. The minimum absolute atomic E-state index is 0.0895. The number of carbonyl (C=O) groups is 1. The number of rotatable bonds is 1. The number of hydrogen-bond donors (Lipinski definition) is 2. The Morgan fingerprint density at radius 2 is 2.27 bits per heavy atom. The third-order valence-corrected chi connectivity index (χ3v) is 1.38. The van der Waals surface area contributed by atoms with Crippen LogP contribution in [0.25, 0.3) is 0 Å². The van der Waals surface area contributed by atoms with Gasteiger partial charge < -0.3 is 10.8 Å². The summed E-state index contributed by atoms with van der Waals surface area (Å²) in [7, 11) is 0. The van der Waals surface area contributed by atoms with E-state index in [0.717, 1.165) is 0 Å². The molecule has 5 heteroatoms. The summed E-state index contributed by atoms with van der Waals surface area (Å²) in [6.07, 6.45) is 0. The average Bonchev–Trinajstić information content (AvgIpc) is 1.94. The van der Waals surface area contributed by atoms with Gasteiger partial charge in [0.05, 0.1) is 5.02 Å². The third-order valence-electron chi connectivity index (χ3n) is 1.07. The average molecular weight is 173 g/mol. The van der Waals surface area contributed by atoms with Gasteiger partial charge in [0.15, 0.2) is 5.69 Å². The number of nitrogens with two attached hydrogens (primary N) is 1. The van der Waals surface area contributed by atoms with Gasteiger partial charge in [-0.1, -0.05) is 11.6 Å². The molecule has 1 aromatic rings. The Morgan fingerprint density at radius 3 is 2.73 bits per heavy atom. The van der Waals surface area contributed by atoms with Crippen molar-refractivity contribution in [2.45, 2.75) is 0 Å². The van der Waals surface area contributed by atoms with E-state index in [1.54, 1.807) is 0 Å². The summed E-state index contributed by atoms with van der Waals surface area (Å²) < 4.78 is 0. The molecule has 0 spiro atoms. The number of nitrogen functional groups attached to an aromatic ring is 1. The van der Waals surface area contributed by atoms with E-state index in [4.69, 9.17) is 22.4 Å². The van der Waals surface area contributed by atoms with Gasteiger partial charge in [0.2, 0.25) is 0 Å². The number of carboxylic acid groups (broad SMARTS) is 1. The van der Waals surface area contributed by atoms with E-state index < -0.39 is 5.97 Å². The molecule has 0 aliphatic heterocycles. The quantitative estimate of drug-likeness (QED) is 0.663. The van der Waals surface area contributed by atoms with Crippen molar-refractivity contribution in [1.29, 1.82) is 0 Å². The molecule has 1 heterocycles. The van der Waals surface area contributed by atoms with Crippen molar-refractivity contribution in [2.24, 2.45) is 0 Å². The lowest BCUT2D eigenvalue weighted by Crippen LogP contribution is -2.03. The number of aromatic carboxylic acids is 1. The number of hydrogen-bond acceptors (Lipinski definition) is 3.